The topological polar surface area (TPSA) is 67.3 Å². The largest absolute Gasteiger partial charge is 0.481 e. The van der Waals surface area contributed by atoms with E-state index < -0.39 is 5.60 Å². The monoisotopic (exact) mass is 237 g/mol. The number of methoxy groups -OCH3 is 1. The Morgan fingerprint density at radius 2 is 2.12 bits per heavy atom. The number of ether oxygens (including phenoxy) is 1. The van der Waals surface area contributed by atoms with Gasteiger partial charge in [0.1, 0.15) is 11.6 Å². The van der Waals surface area contributed by atoms with Crippen LogP contribution in [-0.2, 0) is 0 Å². The van der Waals surface area contributed by atoms with Gasteiger partial charge in [-0.1, -0.05) is 12.8 Å². The van der Waals surface area contributed by atoms with Crippen LogP contribution in [-0.4, -0.2) is 34.3 Å². The Bertz CT molecular complexity index is 389. The summed E-state index contributed by atoms with van der Waals surface area (Å²) in [6, 6.07) is 1.74. The zero-order valence-electron chi connectivity index (χ0n) is 10.4. The molecule has 0 aliphatic heterocycles. The number of aryl methyl sites for hydroxylation is 1. The first-order valence-electron chi connectivity index (χ1n) is 5.97. The van der Waals surface area contributed by atoms with Crippen LogP contribution in [0.3, 0.4) is 0 Å². The lowest BCUT2D eigenvalue weighted by Crippen LogP contribution is -2.33. The van der Waals surface area contributed by atoms with E-state index >= 15 is 0 Å². The van der Waals surface area contributed by atoms with Crippen molar-refractivity contribution in [3.63, 3.8) is 0 Å². The predicted molar refractivity (Wildman–Crippen MR) is 65.2 cm³/mol. The first-order valence-corrected chi connectivity index (χ1v) is 5.97. The van der Waals surface area contributed by atoms with Crippen LogP contribution in [0.1, 0.15) is 31.5 Å². The van der Waals surface area contributed by atoms with Crippen molar-refractivity contribution in [2.24, 2.45) is 0 Å². The third kappa shape index (κ3) is 3.06. The molecule has 0 saturated heterocycles. The summed E-state index contributed by atoms with van der Waals surface area (Å²) in [6.07, 6.45) is 3.93. The first kappa shape index (κ1) is 12.1. The average molecular weight is 237 g/mol. The van der Waals surface area contributed by atoms with Gasteiger partial charge in [0.05, 0.1) is 12.7 Å². The van der Waals surface area contributed by atoms with Gasteiger partial charge in [-0.25, -0.2) is 4.98 Å². The van der Waals surface area contributed by atoms with E-state index in [0.717, 1.165) is 25.7 Å². The summed E-state index contributed by atoms with van der Waals surface area (Å²) < 4.78 is 5.08. The smallest absolute Gasteiger partial charge is 0.218 e. The van der Waals surface area contributed by atoms with Crippen LogP contribution in [0.15, 0.2) is 6.07 Å². The summed E-state index contributed by atoms with van der Waals surface area (Å²) in [7, 11) is 1.58. The van der Waals surface area contributed by atoms with Crippen molar-refractivity contribution in [1.29, 1.82) is 0 Å². The first-order chi connectivity index (χ1) is 8.11. The highest BCUT2D eigenvalue weighted by Crippen LogP contribution is 2.29. The molecule has 1 aliphatic rings. The number of aromatic nitrogens is 2. The van der Waals surface area contributed by atoms with Crippen LogP contribution in [0.2, 0.25) is 0 Å². The van der Waals surface area contributed by atoms with Crippen molar-refractivity contribution in [1.82, 2.24) is 9.97 Å². The van der Waals surface area contributed by atoms with Crippen LogP contribution < -0.4 is 10.1 Å². The van der Waals surface area contributed by atoms with Gasteiger partial charge in [0.15, 0.2) is 0 Å². The molecule has 0 atom stereocenters. The third-order valence-electron chi connectivity index (χ3n) is 3.16. The summed E-state index contributed by atoms with van der Waals surface area (Å²) >= 11 is 0. The molecule has 1 saturated carbocycles. The van der Waals surface area contributed by atoms with Crippen LogP contribution in [0.25, 0.3) is 0 Å². The Hall–Kier alpha value is -1.36. The molecule has 2 N–H and O–H groups in total. The fourth-order valence-corrected chi connectivity index (χ4v) is 2.20. The molecular formula is C12H19N3O2. The summed E-state index contributed by atoms with van der Waals surface area (Å²) in [6.45, 7) is 2.35. The van der Waals surface area contributed by atoms with Gasteiger partial charge in [-0.2, -0.15) is 4.98 Å². The Kier molecular flexibility index (Phi) is 3.47. The molecule has 0 aromatic carbocycles. The minimum absolute atomic E-state index is 0.534. The number of nitrogens with one attached hydrogen (secondary N) is 1. The summed E-state index contributed by atoms with van der Waals surface area (Å²) in [4.78, 5) is 8.37. The van der Waals surface area contributed by atoms with Gasteiger partial charge in [-0.15, -0.1) is 0 Å². The van der Waals surface area contributed by atoms with E-state index in [1.54, 1.807) is 13.2 Å². The Balaban J connectivity index is 2.00. The number of anilines is 1. The van der Waals surface area contributed by atoms with Crippen molar-refractivity contribution in [3.8, 4) is 5.88 Å². The van der Waals surface area contributed by atoms with Gasteiger partial charge in [-0.05, 0) is 19.8 Å². The van der Waals surface area contributed by atoms with E-state index in [1.165, 1.54) is 0 Å². The van der Waals surface area contributed by atoms with E-state index in [0.29, 0.717) is 24.1 Å². The van der Waals surface area contributed by atoms with Crippen LogP contribution >= 0.6 is 0 Å². The molecule has 1 aromatic rings. The zero-order valence-corrected chi connectivity index (χ0v) is 10.4. The molecular weight excluding hydrogens is 218 g/mol. The number of rotatable bonds is 4. The van der Waals surface area contributed by atoms with E-state index in [4.69, 9.17) is 4.74 Å². The Labute approximate surface area is 101 Å². The second-order valence-electron chi connectivity index (χ2n) is 4.63. The second-order valence-corrected chi connectivity index (χ2v) is 4.63. The van der Waals surface area contributed by atoms with Crippen molar-refractivity contribution in [2.45, 2.75) is 38.2 Å². The number of hydrogen-bond donors (Lipinski definition) is 2. The quantitative estimate of drug-likeness (QED) is 0.831. The van der Waals surface area contributed by atoms with Crippen molar-refractivity contribution in [3.05, 3.63) is 11.9 Å². The van der Waals surface area contributed by atoms with Gasteiger partial charge in [0.25, 0.3) is 0 Å². The molecule has 1 aliphatic carbocycles. The minimum Gasteiger partial charge on any atom is -0.481 e. The molecule has 0 radical (unpaired) electrons. The van der Waals surface area contributed by atoms with Gasteiger partial charge < -0.3 is 15.2 Å². The standard InChI is InChI=1S/C12H19N3O2/c1-9-14-10(7-11(15-9)17-2)13-8-12(16)5-3-4-6-12/h7,16H,3-6,8H2,1-2H3,(H,13,14,15). The normalized spacial score (nSPS) is 18.1. The van der Waals surface area contributed by atoms with Crippen molar-refractivity contribution in [2.75, 3.05) is 19.0 Å². The molecule has 2 rings (SSSR count). The van der Waals surface area contributed by atoms with Crippen molar-refractivity contribution < 1.29 is 9.84 Å². The molecule has 0 unspecified atom stereocenters. The summed E-state index contributed by atoms with van der Waals surface area (Å²) in [5.41, 5.74) is -0.577. The molecule has 1 fully saturated rings. The van der Waals surface area contributed by atoms with Crippen LogP contribution in [0, 0.1) is 6.92 Å². The van der Waals surface area contributed by atoms with Gasteiger partial charge in [0, 0.05) is 12.6 Å². The molecule has 17 heavy (non-hydrogen) atoms. The summed E-state index contributed by atoms with van der Waals surface area (Å²) in [5, 5.41) is 13.4. The van der Waals surface area contributed by atoms with Crippen LogP contribution in [0.5, 0.6) is 5.88 Å². The Morgan fingerprint density at radius 3 is 2.76 bits per heavy atom. The lowest BCUT2D eigenvalue weighted by atomic mass is 10.0. The number of aliphatic hydroxyl groups is 1. The van der Waals surface area contributed by atoms with E-state index in [1.807, 2.05) is 6.92 Å². The fourth-order valence-electron chi connectivity index (χ4n) is 2.20. The lowest BCUT2D eigenvalue weighted by Gasteiger charge is -2.22. The number of nitrogens with zero attached hydrogens (tertiary/aromatic N) is 2. The van der Waals surface area contributed by atoms with Crippen LogP contribution in [0.4, 0.5) is 5.82 Å². The van der Waals surface area contributed by atoms with E-state index in [9.17, 15) is 5.11 Å². The number of hydrogen-bond acceptors (Lipinski definition) is 5. The molecule has 5 heteroatoms. The predicted octanol–water partition coefficient (Wildman–Crippen LogP) is 1.51. The third-order valence-corrected chi connectivity index (χ3v) is 3.16. The lowest BCUT2D eigenvalue weighted by molar-refractivity contribution is 0.0614. The molecule has 0 amide bonds. The zero-order chi connectivity index (χ0) is 12.3. The minimum atomic E-state index is -0.577. The molecule has 1 aromatic heterocycles. The highest BCUT2D eigenvalue weighted by Gasteiger charge is 2.30. The SMILES string of the molecule is COc1cc(NCC2(O)CCCC2)nc(C)n1. The fraction of sp³-hybridized carbons (Fsp3) is 0.667. The Morgan fingerprint density at radius 1 is 1.41 bits per heavy atom. The van der Waals surface area contributed by atoms with E-state index in [2.05, 4.69) is 15.3 Å². The van der Waals surface area contributed by atoms with Gasteiger partial charge >= 0.3 is 0 Å². The van der Waals surface area contributed by atoms with E-state index in [-0.39, 0.29) is 0 Å². The average Bonchev–Trinajstić information content (AvgIpc) is 2.73. The second kappa shape index (κ2) is 4.87. The maximum atomic E-state index is 10.2. The van der Waals surface area contributed by atoms with Crippen molar-refractivity contribution >= 4 is 5.82 Å². The highest BCUT2D eigenvalue weighted by atomic mass is 16.5. The highest BCUT2D eigenvalue weighted by molar-refractivity contribution is 5.38. The molecule has 94 valence electrons. The maximum absolute atomic E-state index is 10.2. The van der Waals surface area contributed by atoms with Gasteiger partial charge in [0.2, 0.25) is 5.88 Å². The maximum Gasteiger partial charge on any atom is 0.218 e. The summed E-state index contributed by atoms with van der Waals surface area (Å²) in [5.74, 6) is 1.90. The molecule has 0 bridgehead atoms. The molecule has 5 nitrogen and oxygen atoms in total. The van der Waals surface area contributed by atoms with Gasteiger partial charge in [-0.3, -0.25) is 0 Å². The molecule has 0 spiro atoms. The molecule has 1 heterocycles.